The van der Waals surface area contributed by atoms with Gasteiger partial charge in [0.2, 0.25) is 0 Å². The molecular formula is C11H11Br2F2NO2. The Hall–Kier alpha value is -0.560. The highest BCUT2D eigenvalue weighted by Crippen LogP contribution is 2.31. The van der Waals surface area contributed by atoms with Gasteiger partial charge < -0.3 is 4.74 Å². The molecule has 0 saturated carbocycles. The van der Waals surface area contributed by atoms with Crippen molar-refractivity contribution in [3.8, 4) is 0 Å². The Kier molecular flexibility index (Phi) is 6.14. The van der Waals surface area contributed by atoms with Gasteiger partial charge in [-0.2, -0.15) is 0 Å². The van der Waals surface area contributed by atoms with Crippen LogP contribution in [0.5, 0.6) is 0 Å². The van der Waals surface area contributed by atoms with Gasteiger partial charge in [0.25, 0.3) is 6.43 Å². The van der Waals surface area contributed by atoms with E-state index in [2.05, 4.69) is 36.8 Å². The van der Waals surface area contributed by atoms with Crippen LogP contribution in [-0.4, -0.2) is 17.6 Å². The summed E-state index contributed by atoms with van der Waals surface area (Å²) in [5, 5.41) is 0.267. The molecule has 0 aliphatic heterocycles. The van der Waals surface area contributed by atoms with Crippen LogP contribution in [0.1, 0.15) is 30.2 Å². The van der Waals surface area contributed by atoms with Crippen molar-refractivity contribution in [1.82, 2.24) is 4.98 Å². The number of hydrogen-bond donors (Lipinski definition) is 0. The third-order valence-corrected chi connectivity index (χ3v) is 3.35. The summed E-state index contributed by atoms with van der Waals surface area (Å²) in [4.78, 5) is 15.2. The van der Waals surface area contributed by atoms with Crippen LogP contribution in [0.25, 0.3) is 0 Å². The molecule has 0 fully saturated rings. The molecule has 0 aliphatic carbocycles. The fourth-order valence-corrected chi connectivity index (χ4v) is 2.54. The van der Waals surface area contributed by atoms with Crippen molar-refractivity contribution in [2.24, 2.45) is 0 Å². The monoisotopic (exact) mass is 385 g/mol. The maximum atomic E-state index is 12.8. The molecule has 3 nitrogen and oxygen atoms in total. The highest BCUT2D eigenvalue weighted by molar-refractivity contribution is 9.10. The first kappa shape index (κ1) is 15.5. The van der Waals surface area contributed by atoms with Gasteiger partial charge in [-0.15, -0.1) is 0 Å². The van der Waals surface area contributed by atoms with Crippen molar-refractivity contribution >= 4 is 37.8 Å². The molecule has 0 bridgehead atoms. The van der Waals surface area contributed by atoms with E-state index in [4.69, 9.17) is 4.74 Å². The second-order valence-electron chi connectivity index (χ2n) is 3.39. The van der Waals surface area contributed by atoms with Crippen LogP contribution in [0.4, 0.5) is 8.78 Å². The van der Waals surface area contributed by atoms with Gasteiger partial charge in [-0.3, -0.25) is 4.79 Å². The highest BCUT2D eigenvalue weighted by atomic mass is 79.9. The number of rotatable bonds is 5. The molecule has 1 aromatic rings. The first-order valence-electron chi connectivity index (χ1n) is 5.17. The number of esters is 1. The Bertz CT molecular complexity index is 441. The van der Waals surface area contributed by atoms with Crippen molar-refractivity contribution in [3.63, 3.8) is 0 Å². The molecule has 0 saturated heterocycles. The van der Waals surface area contributed by atoms with E-state index in [1.165, 1.54) is 6.07 Å². The summed E-state index contributed by atoms with van der Waals surface area (Å²) < 4.78 is 30.5. The molecule has 0 N–H and O–H groups in total. The van der Waals surface area contributed by atoms with Gasteiger partial charge in [-0.05, 0) is 34.5 Å². The van der Waals surface area contributed by atoms with E-state index < -0.39 is 12.4 Å². The molecule has 0 aromatic carbocycles. The van der Waals surface area contributed by atoms with Gasteiger partial charge in [0.15, 0.2) is 0 Å². The van der Waals surface area contributed by atoms with E-state index in [1.54, 1.807) is 6.92 Å². The largest absolute Gasteiger partial charge is 0.466 e. The Balaban J connectivity index is 3.03. The summed E-state index contributed by atoms with van der Waals surface area (Å²) in [6.07, 6.45) is -2.65. The minimum absolute atomic E-state index is 0.0318. The summed E-state index contributed by atoms with van der Waals surface area (Å²) in [7, 11) is 0. The molecule has 0 radical (unpaired) electrons. The fourth-order valence-electron chi connectivity index (χ4n) is 1.42. The molecule has 0 spiro atoms. The average molecular weight is 387 g/mol. The van der Waals surface area contributed by atoms with Crippen molar-refractivity contribution in [1.29, 1.82) is 0 Å². The Morgan fingerprint density at radius 1 is 1.56 bits per heavy atom. The molecule has 1 aromatic heterocycles. The summed E-state index contributed by atoms with van der Waals surface area (Å²) in [6, 6.07) is 1.48. The number of carbonyl (C=O) groups excluding carboxylic acids is 1. The molecule has 100 valence electrons. The average Bonchev–Trinajstić information content (AvgIpc) is 2.27. The second kappa shape index (κ2) is 7.13. The number of pyridine rings is 1. The van der Waals surface area contributed by atoms with Crippen molar-refractivity contribution in [2.75, 3.05) is 6.61 Å². The predicted octanol–water partition coefficient (Wildman–Crippen LogP) is 3.78. The van der Waals surface area contributed by atoms with Crippen LogP contribution >= 0.6 is 31.9 Å². The second-order valence-corrected chi connectivity index (χ2v) is 4.71. The highest BCUT2D eigenvalue weighted by Gasteiger charge is 2.19. The standard InChI is InChI=1S/C11H11Br2F2NO2/c1-2-18-8(17)4-7-3-6(5-12)9(11(14)15)10(13)16-7/h3,11H,2,4-5H2,1H3. The number of carbonyl (C=O) groups is 1. The van der Waals surface area contributed by atoms with Crippen molar-refractivity contribution in [2.45, 2.75) is 25.1 Å². The minimum Gasteiger partial charge on any atom is -0.466 e. The van der Waals surface area contributed by atoms with Crippen molar-refractivity contribution < 1.29 is 18.3 Å². The van der Waals surface area contributed by atoms with E-state index in [1.807, 2.05) is 0 Å². The topological polar surface area (TPSA) is 39.2 Å². The van der Waals surface area contributed by atoms with Gasteiger partial charge in [-0.25, -0.2) is 13.8 Å². The van der Waals surface area contributed by atoms with E-state index >= 15 is 0 Å². The molecular weight excluding hydrogens is 376 g/mol. The van der Waals surface area contributed by atoms with Crippen LogP contribution < -0.4 is 0 Å². The van der Waals surface area contributed by atoms with E-state index in [9.17, 15) is 13.6 Å². The van der Waals surface area contributed by atoms with Crippen LogP contribution in [0.3, 0.4) is 0 Å². The molecule has 18 heavy (non-hydrogen) atoms. The zero-order chi connectivity index (χ0) is 13.7. The third-order valence-electron chi connectivity index (χ3n) is 2.14. The smallest absolute Gasteiger partial charge is 0.311 e. The van der Waals surface area contributed by atoms with Gasteiger partial charge in [0, 0.05) is 5.33 Å². The van der Waals surface area contributed by atoms with Gasteiger partial charge >= 0.3 is 5.97 Å². The van der Waals surface area contributed by atoms with E-state index in [0.717, 1.165) is 0 Å². The summed E-state index contributed by atoms with van der Waals surface area (Å²) in [5.74, 6) is -0.429. The van der Waals surface area contributed by atoms with E-state index in [-0.39, 0.29) is 28.5 Å². The first-order chi connectivity index (χ1) is 8.49. The lowest BCUT2D eigenvalue weighted by Gasteiger charge is -2.11. The molecule has 0 unspecified atom stereocenters. The number of hydrogen-bond acceptors (Lipinski definition) is 3. The molecule has 0 atom stereocenters. The Morgan fingerprint density at radius 2 is 2.22 bits per heavy atom. The normalized spacial score (nSPS) is 10.8. The van der Waals surface area contributed by atoms with Crippen LogP contribution in [-0.2, 0) is 21.3 Å². The van der Waals surface area contributed by atoms with Gasteiger partial charge in [0.05, 0.1) is 24.3 Å². The van der Waals surface area contributed by atoms with Gasteiger partial charge in [0.1, 0.15) is 4.60 Å². The minimum atomic E-state index is -2.61. The summed E-state index contributed by atoms with van der Waals surface area (Å²) >= 11 is 6.15. The van der Waals surface area contributed by atoms with Gasteiger partial charge in [-0.1, -0.05) is 15.9 Å². The number of ether oxygens (including phenoxy) is 1. The quantitative estimate of drug-likeness (QED) is 0.439. The maximum Gasteiger partial charge on any atom is 0.311 e. The zero-order valence-electron chi connectivity index (χ0n) is 9.55. The molecule has 1 heterocycles. The number of aromatic nitrogens is 1. The lowest BCUT2D eigenvalue weighted by Crippen LogP contribution is -2.10. The van der Waals surface area contributed by atoms with Crippen molar-refractivity contribution in [3.05, 3.63) is 27.5 Å². The Labute approximate surface area is 120 Å². The SMILES string of the molecule is CCOC(=O)Cc1cc(CBr)c(C(F)F)c(Br)n1. The van der Waals surface area contributed by atoms with Crippen LogP contribution in [0, 0.1) is 0 Å². The molecule has 7 heteroatoms. The third kappa shape index (κ3) is 3.98. The summed E-state index contributed by atoms with van der Waals surface area (Å²) in [5.41, 5.74) is 0.657. The Morgan fingerprint density at radius 3 is 2.72 bits per heavy atom. The molecule has 1 rings (SSSR count). The fraction of sp³-hybridized carbons (Fsp3) is 0.455. The lowest BCUT2D eigenvalue weighted by atomic mass is 10.1. The predicted molar refractivity (Wildman–Crippen MR) is 69.9 cm³/mol. The van der Waals surface area contributed by atoms with Crippen LogP contribution in [0.2, 0.25) is 0 Å². The molecule has 0 aliphatic rings. The number of halogens is 4. The number of nitrogens with zero attached hydrogens (tertiary/aromatic N) is 1. The summed E-state index contributed by atoms with van der Waals surface area (Å²) in [6.45, 7) is 1.98. The first-order valence-corrected chi connectivity index (χ1v) is 7.09. The van der Waals surface area contributed by atoms with E-state index in [0.29, 0.717) is 11.3 Å². The lowest BCUT2D eigenvalue weighted by molar-refractivity contribution is -0.142. The zero-order valence-corrected chi connectivity index (χ0v) is 12.7. The molecule has 0 amide bonds. The maximum absolute atomic E-state index is 12.8. The number of alkyl halides is 3. The van der Waals surface area contributed by atoms with Crippen LogP contribution in [0.15, 0.2) is 10.7 Å².